The van der Waals surface area contributed by atoms with Crippen LogP contribution >= 0.6 is 0 Å². The number of carboxylic acids is 1. The predicted molar refractivity (Wildman–Crippen MR) is 87.3 cm³/mol. The second-order valence-corrected chi connectivity index (χ2v) is 6.00. The maximum absolute atomic E-state index is 11.8. The first-order valence-electron chi connectivity index (χ1n) is 7.80. The molecular weight excluding hydrogens is 310 g/mol. The molecule has 1 aliphatic rings. The summed E-state index contributed by atoms with van der Waals surface area (Å²) in [6.45, 7) is 4.70. The number of carbonyl (C=O) groups is 1. The lowest BCUT2D eigenvalue weighted by molar-refractivity contribution is -0.143. The highest BCUT2D eigenvalue weighted by atomic mass is 16.7. The SMILES string of the molecule is Cc1n[nH]c(C)c1CCN(C)C(C(=O)O)c1ccc2c(c1)OCO2. The normalized spacial score (nSPS) is 14.2. The molecule has 1 aromatic carbocycles. The largest absolute Gasteiger partial charge is 0.480 e. The van der Waals surface area contributed by atoms with Crippen molar-refractivity contribution in [2.75, 3.05) is 20.4 Å². The van der Waals surface area contributed by atoms with Crippen molar-refractivity contribution in [3.8, 4) is 11.5 Å². The quantitative estimate of drug-likeness (QED) is 0.842. The molecule has 0 radical (unpaired) electrons. The molecule has 2 aromatic rings. The highest BCUT2D eigenvalue weighted by molar-refractivity contribution is 5.76. The predicted octanol–water partition coefficient (Wildman–Crippen LogP) is 2.06. The minimum Gasteiger partial charge on any atom is -0.480 e. The van der Waals surface area contributed by atoms with Crippen molar-refractivity contribution >= 4 is 5.97 Å². The van der Waals surface area contributed by atoms with Crippen molar-refractivity contribution in [2.24, 2.45) is 0 Å². The molecule has 1 aromatic heterocycles. The van der Waals surface area contributed by atoms with Crippen molar-refractivity contribution < 1.29 is 19.4 Å². The molecule has 0 saturated heterocycles. The summed E-state index contributed by atoms with van der Waals surface area (Å²) in [6, 6.07) is 4.53. The van der Waals surface area contributed by atoms with Gasteiger partial charge in [-0.1, -0.05) is 6.07 Å². The highest BCUT2D eigenvalue weighted by Gasteiger charge is 2.27. The zero-order chi connectivity index (χ0) is 17.3. The Labute approximate surface area is 140 Å². The van der Waals surface area contributed by atoms with Gasteiger partial charge in [0.1, 0.15) is 6.04 Å². The molecule has 3 rings (SSSR count). The number of aliphatic carboxylic acids is 1. The van der Waals surface area contributed by atoms with Gasteiger partial charge in [-0.3, -0.25) is 14.8 Å². The number of ether oxygens (including phenoxy) is 2. The number of aromatic amines is 1. The molecule has 0 amide bonds. The molecule has 128 valence electrons. The minimum absolute atomic E-state index is 0.172. The lowest BCUT2D eigenvalue weighted by atomic mass is 10.0. The molecule has 2 N–H and O–H groups in total. The van der Waals surface area contributed by atoms with Gasteiger partial charge in [-0.05, 0) is 50.6 Å². The Morgan fingerprint density at radius 3 is 2.79 bits per heavy atom. The van der Waals surface area contributed by atoms with Crippen LogP contribution in [0.5, 0.6) is 11.5 Å². The lowest BCUT2D eigenvalue weighted by Crippen LogP contribution is -2.32. The molecule has 0 spiro atoms. The monoisotopic (exact) mass is 331 g/mol. The first-order chi connectivity index (χ1) is 11.5. The first-order valence-corrected chi connectivity index (χ1v) is 7.80. The molecule has 7 nitrogen and oxygen atoms in total. The molecule has 0 saturated carbocycles. The van der Waals surface area contributed by atoms with Crippen LogP contribution in [0.25, 0.3) is 0 Å². The minimum atomic E-state index is -0.892. The third-order valence-electron chi connectivity index (χ3n) is 4.38. The van der Waals surface area contributed by atoms with Gasteiger partial charge in [0.05, 0.1) is 5.69 Å². The van der Waals surface area contributed by atoms with E-state index in [1.54, 1.807) is 18.2 Å². The number of aromatic nitrogens is 2. The van der Waals surface area contributed by atoms with E-state index in [0.29, 0.717) is 23.6 Å². The third kappa shape index (κ3) is 3.07. The Kier molecular flexibility index (Phi) is 4.44. The second-order valence-electron chi connectivity index (χ2n) is 6.00. The summed E-state index contributed by atoms with van der Waals surface area (Å²) in [5, 5.41) is 16.8. The van der Waals surface area contributed by atoms with Crippen LogP contribution in [-0.4, -0.2) is 46.6 Å². The highest BCUT2D eigenvalue weighted by Crippen LogP contribution is 2.35. The van der Waals surface area contributed by atoms with E-state index in [1.165, 1.54) is 0 Å². The summed E-state index contributed by atoms with van der Waals surface area (Å²) in [6.07, 6.45) is 0.735. The summed E-state index contributed by atoms with van der Waals surface area (Å²) < 4.78 is 10.6. The molecule has 7 heteroatoms. The number of benzene rings is 1. The maximum Gasteiger partial charge on any atom is 0.325 e. The number of nitrogens with one attached hydrogen (secondary N) is 1. The average molecular weight is 331 g/mol. The van der Waals surface area contributed by atoms with Crippen LogP contribution in [0.3, 0.4) is 0 Å². The van der Waals surface area contributed by atoms with Crippen molar-refractivity contribution in [3.63, 3.8) is 0 Å². The molecule has 0 bridgehead atoms. The number of rotatable bonds is 6. The number of carboxylic acid groups (broad SMARTS) is 1. The first kappa shape index (κ1) is 16.3. The fourth-order valence-corrected chi connectivity index (χ4v) is 3.03. The van der Waals surface area contributed by atoms with E-state index in [9.17, 15) is 9.90 Å². The summed E-state index contributed by atoms with van der Waals surface area (Å²) >= 11 is 0. The smallest absolute Gasteiger partial charge is 0.325 e. The Bertz CT molecular complexity index is 737. The maximum atomic E-state index is 11.8. The molecule has 1 aliphatic heterocycles. The van der Waals surface area contributed by atoms with Gasteiger partial charge in [0.15, 0.2) is 11.5 Å². The van der Waals surface area contributed by atoms with E-state index in [2.05, 4.69) is 10.2 Å². The summed E-state index contributed by atoms with van der Waals surface area (Å²) in [5.41, 5.74) is 3.79. The number of hydrogen-bond donors (Lipinski definition) is 2. The molecule has 0 fully saturated rings. The van der Waals surface area contributed by atoms with Gasteiger partial charge in [0.25, 0.3) is 0 Å². The zero-order valence-corrected chi connectivity index (χ0v) is 14.0. The van der Waals surface area contributed by atoms with Crippen LogP contribution in [0, 0.1) is 13.8 Å². The Balaban J connectivity index is 1.76. The fourth-order valence-electron chi connectivity index (χ4n) is 3.03. The van der Waals surface area contributed by atoms with Gasteiger partial charge >= 0.3 is 5.97 Å². The number of likely N-dealkylation sites (N-methyl/N-ethyl adjacent to an activating group) is 1. The van der Waals surface area contributed by atoms with Gasteiger partial charge in [-0.2, -0.15) is 5.10 Å². The van der Waals surface area contributed by atoms with Crippen molar-refractivity contribution in [1.82, 2.24) is 15.1 Å². The van der Waals surface area contributed by atoms with E-state index in [0.717, 1.165) is 23.4 Å². The standard InChI is InChI=1S/C17H21N3O4/c1-10-13(11(2)19-18-10)6-7-20(3)16(17(21)22)12-4-5-14-15(8-12)24-9-23-14/h4-5,8,16H,6-7,9H2,1-3H3,(H,18,19)(H,21,22). The molecule has 2 heterocycles. The van der Waals surface area contributed by atoms with Crippen LogP contribution in [0.15, 0.2) is 18.2 Å². The van der Waals surface area contributed by atoms with Crippen LogP contribution in [0.2, 0.25) is 0 Å². The van der Waals surface area contributed by atoms with E-state index < -0.39 is 12.0 Å². The van der Waals surface area contributed by atoms with Crippen LogP contribution in [0.1, 0.15) is 28.6 Å². The van der Waals surface area contributed by atoms with E-state index in [-0.39, 0.29) is 6.79 Å². The van der Waals surface area contributed by atoms with E-state index in [4.69, 9.17) is 9.47 Å². The van der Waals surface area contributed by atoms with Crippen molar-refractivity contribution in [1.29, 1.82) is 0 Å². The number of fused-ring (bicyclic) bond motifs is 1. The van der Waals surface area contributed by atoms with Crippen molar-refractivity contribution in [2.45, 2.75) is 26.3 Å². The van der Waals surface area contributed by atoms with Gasteiger partial charge in [-0.15, -0.1) is 0 Å². The summed E-state index contributed by atoms with van der Waals surface area (Å²) in [4.78, 5) is 13.6. The number of hydrogen-bond acceptors (Lipinski definition) is 5. The topological polar surface area (TPSA) is 87.7 Å². The van der Waals surface area contributed by atoms with E-state index >= 15 is 0 Å². The number of H-pyrrole nitrogens is 1. The average Bonchev–Trinajstić information content (AvgIpc) is 3.12. The van der Waals surface area contributed by atoms with Gasteiger partial charge < -0.3 is 14.6 Å². The van der Waals surface area contributed by atoms with Gasteiger partial charge in [0, 0.05) is 12.2 Å². The van der Waals surface area contributed by atoms with Gasteiger partial charge in [0.2, 0.25) is 6.79 Å². The lowest BCUT2D eigenvalue weighted by Gasteiger charge is -2.25. The number of aryl methyl sites for hydroxylation is 2. The van der Waals surface area contributed by atoms with Crippen molar-refractivity contribution in [3.05, 3.63) is 40.7 Å². The van der Waals surface area contributed by atoms with Crippen LogP contribution < -0.4 is 9.47 Å². The molecular formula is C17H21N3O4. The molecule has 0 aliphatic carbocycles. The molecule has 1 unspecified atom stereocenters. The zero-order valence-electron chi connectivity index (χ0n) is 14.0. The molecule has 24 heavy (non-hydrogen) atoms. The fraction of sp³-hybridized carbons (Fsp3) is 0.412. The van der Waals surface area contributed by atoms with Crippen LogP contribution in [0.4, 0.5) is 0 Å². The number of nitrogens with zero attached hydrogens (tertiary/aromatic N) is 2. The van der Waals surface area contributed by atoms with Gasteiger partial charge in [-0.25, -0.2) is 0 Å². The Morgan fingerprint density at radius 2 is 2.12 bits per heavy atom. The summed E-state index contributed by atoms with van der Waals surface area (Å²) in [7, 11) is 1.81. The second kappa shape index (κ2) is 6.52. The van der Waals surface area contributed by atoms with E-state index in [1.807, 2.05) is 25.8 Å². The third-order valence-corrected chi connectivity index (χ3v) is 4.38. The molecule has 1 atom stereocenters. The van der Waals surface area contributed by atoms with Crippen LogP contribution in [-0.2, 0) is 11.2 Å². The Hall–Kier alpha value is -2.54. The summed E-state index contributed by atoms with van der Waals surface area (Å²) in [5.74, 6) is 0.348. The Morgan fingerprint density at radius 1 is 1.38 bits per heavy atom.